The predicted molar refractivity (Wildman–Crippen MR) is 150 cm³/mol. The Morgan fingerprint density at radius 1 is 0.921 bits per heavy atom. The fourth-order valence-corrected chi connectivity index (χ4v) is 5.16. The largest absolute Gasteiger partial charge is 0.495 e. The third-order valence-electron chi connectivity index (χ3n) is 6.24. The highest BCUT2D eigenvalue weighted by Crippen LogP contribution is 2.31. The number of sulfonamides is 1. The van der Waals surface area contributed by atoms with Crippen LogP contribution in [0, 0.1) is 13.8 Å². The summed E-state index contributed by atoms with van der Waals surface area (Å²) in [7, 11) is -0.910. The minimum absolute atomic E-state index is 0.133. The average Bonchev–Trinajstić information content (AvgIpc) is 2.88. The number of hydrogen-bond acceptors (Lipinski definition) is 5. The Kier molecular flexibility index (Phi) is 9.52. The number of aryl methyl sites for hydroxylation is 2. The van der Waals surface area contributed by atoms with Crippen LogP contribution in [-0.4, -0.2) is 58.1 Å². The molecule has 8 nitrogen and oxygen atoms in total. The SMILES string of the molecule is CNC(=O)C(Cc1ccccc1)N(Cc1cccc(C)c1)C(=O)CN(c1cc(C)ccc1OC)S(C)(=O)=O. The number of carbonyl (C=O) groups is 2. The second-order valence-corrected chi connectivity index (χ2v) is 11.2. The summed E-state index contributed by atoms with van der Waals surface area (Å²) in [6.07, 6.45) is 1.32. The van der Waals surface area contributed by atoms with Gasteiger partial charge in [0, 0.05) is 20.0 Å². The lowest BCUT2D eigenvalue weighted by atomic mass is 10.0. The van der Waals surface area contributed by atoms with E-state index in [0.29, 0.717) is 5.75 Å². The van der Waals surface area contributed by atoms with Gasteiger partial charge in [-0.2, -0.15) is 0 Å². The number of anilines is 1. The van der Waals surface area contributed by atoms with Crippen molar-refractivity contribution in [3.8, 4) is 5.75 Å². The molecule has 3 aromatic carbocycles. The van der Waals surface area contributed by atoms with Crippen LogP contribution in [0.25, 0.3) is 0 Å². The van der Waals surface area contributed by atoms with Gasteiger partial charge in [0.15, 0.2) is 0 Å². The topological polar surface area (TPSA) is 96.0 Å². The average molecular weight is 538 g/mol. The highest BCUT2D eigenvalue weighted by Gasteiger charge is 2.33. The number of benzene rings is 3. The molecular weight excluding hydrogens is 502 g/mol. The van der Waals surface area contributed by atoms with Crippen LogP contribution in [0.2, 0.25) is 0 Å². The van der Waals surface area contributed by atoms with Gasteiger partial charge in [-0.05, 0) is 42.7 Å². The van der Waals surface area contributed by atoms with Gasteiger partial charge in [0.1, 0.15) is 18.3 Å². The number of nitrogens with zero attached hydrogens (tertiary/aromatic N) is 2. The Labute approximate surface area is 225 Å². The minimum atomic E-state index is -3.88. The van der Waals surface area contributed by atoms with Gasteiger partial charge in [-0.25, -0.2) is 8.42 Å². The third kappa shape index (κ3) is 7.35. The summed E-state index contributed by atoms with van der Waals surface area (Å²) in [5.41, 5.74) is 3.80. The van der Waals surface area contributed by atoms with E-state index in [0.717, 1.165) is 32.8 Å². The molecule has 0 radical (unpaired) electrons. The first kappa shape index (κ1) is 28.7. The summed E-state index contributed by atoms with van der Waals surface area (Å²) in [5.74, 6) is -0.523. The molecule has 9 heteroatoms. The summed E-state index contributed by atoms with van der Waals surface area (Å²) in [5, 5.41) is 2.67. The molecule has 0 aliphatic rings. The molecule has 0 saturated carbocycles. The van der Waals surface area contributed by atoms with Crippen LogP contribution in [0.1, 0.15) is 22.3 Å². The van der Waals surface area contributed by atoms with Crippen molar-refractivity contribution < 1.29 is 22.7 Å². The fraction of sp³-hybridized carbons (Fsp3) is 0.310. The Morgan fingerprint density at radius 3 is 2.18 bits per heavy atom. The van der Waals surface area contributed by atoms with Crippen molar-refractivity contribution in [1.82, 2.24) is 10.2 Å². The summed E-state index contributed by atoms with van der Waals surface area (Å²) in [4.78, 5) is 28.6. The van der Waals surface area contributed by atoms with E-state index in [1.807, 2.05) is 68.4 Å². The Bertz CT molecular complexity index is 1380. The van der Waals surface area contributed by atoms with Crippen LogP contribution in [0.15, 0.2) is 72.8 Å². The number of rotatable bonds is 11. The maximum Gasteiger partial charge on any atom is 0.244 e. The highest BCUT2D eigenvalue weighted by atomic mass is 32.2. The smallest absolute Gasteiger partial charge is 0.244 e. The fourth-order valence-electron chi connectivity index (χ4n) is 4.32. The van der Waals surface area contributed by atoms with Crippen LogP contribution in [0.4, 0.5) is 5.69 Å². The second kappa shape index (κ2) is 12.6. The van der Waals surface area contributed by atoms with Crippen molar-refractivity contribution in [3.05, 3.63) is 95.1 Å². The molecule has 1 N–H and O–H groups in total. The molecule has 3 rings (SSSR count). The molecule has 0 fully saturated rings. The van der Waals surface area contributed by atoms with Gasteiger partial charge in [0.25, 0.3) is 0 Å². The molecule has 0 aromatic heterocycles. The van der Waals surface area contributed by atoms with Crippen LogP contribution in [0.5, 0.6) is 5.75 Å². The standard InChI is InChI=1S/C29H35N3O5S/c1-21-10-9-13-24(16-21)19-31(26(29(34)30-3)18-23-11-7-6-8-12-23)28(33)20-32(38(5,35)36)25-17-22(2)14-15-27(25)37-4/h6-17,26H,18-20H2,1-5H3,(H,30,34). The third-order valence-corrected chi connectivity index (χ3v) is 7.36. The molecule has 202 valence electrons. The van der Waals surface area contributed by atoms with E-state index in [4.69, 9.17) is 4.74 Å². The lowest BCUT2D eigenvalue weighted by Gasteiger charge is -2.33. The number of amides is 2. The predicted octanol–water partition coefficient (Wildman–Crippen LogP) is 3.46. The van der Waals surface area contributed by atoms with Crippen molar-refractivity contribution >= 4 is 27.5 Å². The maximum absolute atomic E-state index is 14.0. The van der Waals surface area contributed by atoms with E-state index in [1.54, 1.807) is 18.2 Å². The summed E-state index contributed by atoms with van der Waals surface area (Å²) < 4.78 is 32.3. The molecule has 38 heavy (non-hydrogen) atoms. The first-order valence-corrected chi connectivity index (χ1v) is 14.1. The molecule has 3 aromatic rings. The molecule has 0 aliphatic carbocycles. The van der Waals surface area contributed by atoms with E-state index < -0.39 is 28.5 Å². The van der Waals surface area contributed by atoms with Gasteiger partial charge in [0.05, 0.1) is 19.1 Å². The minimum Gasteiger partial charge on any atom is -0.495 e. The number of ether oxygens (including phenoxy) is 1. The van der Waals surface area contributed by atoms with E-state index >= 15 is 0 Å². The van der Waals surface area contributed by atoms with E-state index in [2.05, 4.69) is 5.32 Å². The van der Waals surface area contributed by atoms with E-state index in [9.17, 15) is 18.0 Å². The Hall–Kier alpha value is -3.85. The number of nitrogens with one attached hydrogen (secondary N) is 1. The van der Waals surface area contributed by atoms with E-state index in [-0.39, 0.29) is 24.6 Å². The van der Waals surface area contributed by atoms with Crippen LogP contribution >= 0.6 is 0 Å². The van der Waals surface area contributed by atoms with Gasteiger partial charge < -0.3 is 15.0 Å². The van der Waals surface area contributed by atoms with Gasteiger partial charge in [0.2, 0.25) is 21.8 Å². The number of hydrogen-bond donors (Lipinski definition) is 1. The monoisotopic (exact) mass is 537 g/mol. The molecule has 0 heterocycles. The zero-order valence-electron chi connectivity index (χ0n) is 22.5. The number of methoxy groups -OCH3 is 1. The Balaban J connectivity index is 2.07. The molecule has 0 aliphatic heterocycles. The summed E-state index contributed by atoms with van der Waals surface area (Å²) >= 11 is 0. The number of carbonyl (C=O) groups excluding carboxylic acids is 2. The quantitative estimate of drug-likeness (QED) is 0.404. The zero-order valence-corrected chi connectivity index (χ0v) is 23.3. The van der Waals surface area contributed by atoms with Gasteiger partial charge in [-0.15, -0.1) is 0 Å². The van der Waals surface area contributed by atoms with Crippen molar-refractivity contribution in [1.29, 1.82) is 0 Å². The molecule has 1 unspecified atom stereocenters. The van der Waals surface area contributed by atoms with Crippen molar-refractivity contribution in [2.24, 2.45) is 0 Å². The lowest BCUT2D eigenvalue weighted by Crippen LogP contribution is -2.52. The number of likely N-dealkylation sites (N-methyl/N-ethyl adjacent to an activating group) is 1. The van der Waals surface area contributed by atoms with Crippen LogP contribution in [0.3, 0.4) is 0 Å². The summed E-state index contributed by atoms with van der Waals surface area (Å²) in [6, 6.07) is 21.4. The summed E-state index contributed by atoms with van der Waals surface area (Å²) in [6.45, 7) is 3.42. The Morgan fingerprint density at radius 2 is 1.58 bits per heavy atom. The molecule has 1 atom stereocenters. The highest BCUT2D eigenvalue weighted by molar-refractivity contribution is 7.92. The molecule has 0 spiro atoms. The first-order chi connectivity index (χ1) is 18.0. The molecule has 2 amide bonds. The van der Waals surface area contributed by atoms with Gasteiger partial charge >= 0.3 is 0 Å². The molecule has 0 bridgehead atoms. The van der Waals surface area contributed by atoms with Crippen molar-refractivity contribution in [2.75, 3.05) is 31.3 Å². The van der Waals surface area contributed by atoms with E-state index in [1.165, 1.54) is 19.1 Å². The molecule has 0 saturated heterocycles. The van der Waals surface area contributed by atoms with Crippen LogP contribution < -0.4 is 14.4 Å². The van der Waals surface area contributed by atoms with Crippen molar-refractivity contribution in [2.45, 2.75) is 32.9 Å². The van der Waals surface area contributed by atoms with Gasteiger partial charge in [-0.1, -0.05) is 66.2 Å². The second-order valence-electron chi connectivity index (χ2n) is 9.28. The lowest BCUT2D eigenvalue weighted by molar-refractivity contribution is -0.139. The van der Waals surface area contributed by atoms with Crippen LogP contribution in [-0.2, 0) is 32.6 Å². The zero-order chi connectivity index (χ0) is 27.9. The maximum atomic E-state index is 14.0. The normalized spacial score (nSPS) is 11.9. The first-order valence-electron chi connectivity index (χ1n) is 12.3. The van der Waals surface area contributed by atoms with Gasteiger partial charge in [-0.3, -0.25) is 13.9 Å². The molecular formula is C29H35N3O5S. The van der Waals surface area contributed by atoms with Crippen molar-refractivity contribution in [3.63, 3.8) is 0 Å².